The number of aliphatic hydroxyl groups excluding tert-OH is 1. The Morgan fingerprint density at radius 1 is 1.10 bits per heavy atom. The van der Waals surface area contributed by atoms with Gasteiger partial charge in [0.1, 0.15) is 11.6 Å². The molecule has 0 radical (unpaired) electrons. The summed E-state index contributed by atoms with van der Waals surface area (Å²) in [4.78, 5) is 0. The first-order valence-corrected chi connectivity index (χ1v) is 6.36. The van der Waals surface area contributed by atoms with Gasteiger partial charge < -0.3 is 10.4 Å². The fourth-order valence-corrected chi connectivity index (χ4v) is 1.99. The van der Waals surface area contributed by atoms with Gasteiger partial charge in [-0.1, -0.05) is 12.1 Å². The maximum Gasteiger partial charge on any atom is 0.126 e. The highest BCUT2D eigenvalue weighted by Gasteiger charge is 2.26. The Morgan fingerprint density at radius 2 is 1.75 bits per heavy atom. The van der Waals surface area contributed by atoms with Crippen LogP contribution in [0.5, 0.6) is 0 Å². The van der Waals surface area contributed by atoms with Crippen LogP contribution in [-0.2, 0) is 5.54 Å². The number of halogens is 2. The van der Waals surface area contributed by atoms with Crippen LogP contribution in [0.25, 0.3) is 0 Å². The molecule has 1 unspecified atom stereocenters. The molecule has 2 aromatic rings. The highest BCUT2D eigenvalue weighted by molar-refractivity contribution is 5.48. The molecule has 0 fully saturated rings. The van der Waals surface area contributed by atoms with Crippen molar-refractivity contribution in [3.8, 4) is 0 Å². The normalized spacial score (nSPS) is 13.8. The van der Waals surface area contributed by atoms with Gasteiger partial charge in [-0.15, -0.1) is 0 Å². The van der Waals surface area contributed by atoms with Crippen molar-refractivity contribution in [3.05, 3.63) is 65.2 Å². The second-order valence-corrected chi connectivity index (χ2v) is 5.09. The molecule has 2 nitrogen and oxygen atoms in total. The Bertz CT molecular complexity index is 598. The summed E-state index contributed by atoms with van der Waals surface area (Å²) in [6.45, 7) is 3.23. The fraction of sp³-hybridized carbons (Fsp3) is 0.250. The topological polar surface area (TPSA) is 32.3 Å². The van der Waals surface area contributed by atoms with Gasteiger partial charge in [0.2, 0.25) is 0 Å². The number of anilines is 1. The average molecular weight is 277 g/mol. The molecule has 0 aliphatic heterocycles. The van der Waals surface area contributed by atoms with Gasteiger partial charge in [0.05, 0.1) is 12.1 Å². The molecule has 0 aromatic heterocycles. The second kappa shape index (κ2) is 5.59. The van der Waals surface area contributed by atoms with E-state index in [0.29, 0.717) is 16.8 Å². The Kier molecular flexibility index (Phi) is 4.04. The SMILES string of the molecule is Cc1ccc(C(C)(CO)Nc2ccc(F)cc2)cc1F. The van der Waals surface area contributed by atoms with Crippen LogP contribution in [0.2, 0.25) is 0 Å². The van der Waals surface area contributed by atoms with Crippen molar-refractivity contribution in [2.45, 2.75) is 19.4 Å². The second-order valence-electron chi connectivity index (χ2n) is 5.09. The Balaban J connectivity index is 2.32. The van der Waals surface area contributed by atoms with E-state index in [2.05, 4.69) is 5.32 Å². The lowest BCUT2D eigenvalue weighted by molar-refractivity contribution is 0.223. The number of benzene rings is 2. The largest absolute Gasteiger partial charge is 0.394 e. The number of aryl methyl sites for hydroxylation is 1. The molecule has 0 aliphatic rings. The van der Waals surface area contributed by atoms with Crippen LogP contribution < -0.4 is 5.32 Å². The van der Waals surface area contributed by atoms with Crippen molar-refractivity contribution in [1.29, 1.82) is 0 Å². The first kappa shape index (κ1) is 14.5. The van der Waals surface area contributed by atoms with E-state index in [4.69, 9.17) is 0 Å². The van der Waals surface area contributed by atoms with Crippen LogP contribution in [0.1, 0.15) is 18.1 Å². The van der Waals surface area contributed by atoms with E-state index >= 15 is 0 Å². The monoisotopic (exact) mass is 277 g/mol. The van der Waals surface area contributed by atoms with E-state index in [1.54, 1.807) is 38.1 Å². The number of hydrogen-bond acceptors (Lipinski definition) is 2. The maximum atomic E-state index is 13.7. The summed E-state index contributed by atoms with van der Waals surface area (Å²) in [5, 5.41) is 12.8. The van der Waals surface area contributed by atoms with Crippen LogP contribution in [0.15, 0.2) is 42.5 Å². The number of rotatable bonds is 4. The standard InChI is InChI=1S/C16H17F2NO/c1-11-3-4-12(9-15(11)18)16(2,10-20)19-14-7-5-13(17)6-8-14/h3-9,19-20H,10H2,1-2H3. The summed E-state index contributed by atoms with van der Waals surface area (Å²) in [6, 6.07) is 10.7. The summed E-state index contributed by atoms with van der Waals surface area (Å²) < 4.78 is 26.6. The molecule has 2 N–H and O–H groups in total. The minimum Gasteiger partial charge on any atom is -0.394 e. The average Bonchev–Trinajstić information content (AvgIpc) is 2.44. The van der Waals surface area contributed by atoms with Crippen molar-refractivity contribution in [2.24, 2.45) is 0 Å². The van der Waals surface area contributed by atoms with E-state index in [0.717, 1.165) is 0 Å². The van der Waals surface area contributed by atoms with Crippen molar-refractivity contribution >= 4 is 5.69 Å². The van der Waals surface area contributed by atoms with E-state index < -0.39 is 5.54 Å². The third-order valence-electron chi connectivity index (χ3n) is 3.39. The van der Waals surface area contributed by atoms with Gasteiger partial charge in [0.15, 0.2) is 0 Å². The van der Waals surface area contributed by atoms with Gasteiger partial charge in [-0.25, -0.2) is 8.78 Å². The predicted molar refractivity (Wildman–Crippen MR) is 75.6 cm³/mol. The lowest BCUT2D eigenvalue weighted by atomic mass is 9.91. The van der Waals surface area contributed by atoms with Crippen molar-refractivity contribution in [2.75, 3.05) is 11.9 Å². The minimum atomic E-state index is -0.841. The van der Waals surface area contributed by atoms with Crippen molar-refractivity contribution in [1.82, 2.24) is 0 Å². The molecule has 0 heterocycles. The summed E-state index contributed by atoms with van der Waals surface area (Å²) >= 11 is 0. The summed E-state index contributed by atoms with van der Waals surface area (Å²) in [5.74, 6) is -0.647. The molecule has 0 spiro atoms. The quantitative estimate of drug-likeness (QED) is 0.895. The minimum absolute atomic E-state index is 0.215. The Labute approximate surface area is 117 Å². The molecular formula is C16H17F2NO. The van der Waals surface area contributed by atoms with Gasteiger partial charge in [-0.2, -0.15) is 0 Å². The third kappa shape index (κ3) is 2.96. The molecule has 0 saturated heterocycles. The third-order valence-corrected chi connectivity index (χ3v) is 3.39. The van der Waals surface area contributed by atoms with Gasteiger partial charge in [0.25, 0.3) is 0 Å². The number of nitrogens with one attached hydrogen (secondary N) is 1. The predicted octanol–water partition coefficient (Wildman–Crippen LogP) is 3.59. The molecule has 20 heavy (non-hydrogen) atoms. The molecule has 4 heteroatoms. The molecule has 2 rings (SSSR count). The van der Waals surface area contributed by atoms with Crippen molar-refractivity contribution < 1.29 is 13.9 Å². The van der Waals surface area contributed by atoms with Gasteiger partial charge in [-0.3, -0.25) is 0 Å². The lowest BCUT2D eigenvalue weighted by Crippen LogP contribution is -2.36. The molecular weight excluding hydrogens is 260 g/mol. The first-order valence-electron chi connectivity index (χ1n) is 6.36. The Hall–Kier alpha value is -1.94. The number of aliphatic hydroxyl groups is 1. The highest BCUT2D eigenvalue weighted by atomic mass is 19.1. The van der Waals surface area contributed by atoms with Crippen LogP contribution in [0.4, 0.5) is 14.5 Å². The zero-order valence-corrected chi connectivity index (χ0v) is 11.5. The van der Waals surface area contributed by atoms with Crippen LogP contribution >= 0.6 is 0 Å². The molecule has 1 atom stereocenters. The van der Waals surface area contributed by atoms with Gasteiger partial charge in [0, 0.05) is 5.69 Å². The van der Waals surface area contributed by atoms with E-state index in [-0.39, 0.29) is 18.2 Å². The lowest BCUT2D eigenvalue weighted by Gasteiger charge is -2.30. The Morgan fingerprint density at radius 3 is 2.30 bits per heavy atom. The fourth-order valence-electron chi connectivity index (χ4n) is 1.99. The molecule has 0 saturated carbocycles. The zero-order chi connectivity index (χ0) is 14.8. The molecule has 0 amide bonds. The van der Waals surface area contributed by atoms with Crippen molar-refractivity contribution in [3.63, 3.8) is 0 Å². The number of hydrogen-bond donors (Lipinski definition) is 2. The summed E-state index contributed by atoms with van der Waals surface area (Å²) in [5.41, 5.74) is 0.999. The molecule has 0 aliphatic carbocycles. The first-order chi connectivity index (χ1) is 9.44. The van der Waals surface area contributed by atoms with E-state index in [1.807, 2.05) is 0 Å². The van der Waals surface area contributed by atoms with Crippen LogP contribution in [-0.4, -0.2) is 11.7 Å². The highest BCUT2D eigenvalue weighted by Crippen LogP contribution is 2.27. The molecule has 106 valence electrons. The van der Waals surface area contributed by atoms with Gasteiger partial charge >= 0.3 is 0 Å². The van der Waals surface area contributed by atoms with Gasteiger partial charge in [-0.05, 0) is 55.3 Å². The van der Waals surface area contributed by atoms with E-state index in [9.17, 15) is 13.9 Å². The maximum absolute atomic E-state index is 13.7. The van der Waals surface area contributed by atoms with Crippen LogP contribution in [0.3, 0.4) is 0 Å². The molecule has 0 bridgehead atoms. The summed E-state index contributed by atoms with van der Waals surface area (Å²) in [7, 11) is 0. The smallest absolute Gasteiger partial charge is 0.126 e. The zero-order valence-electron chi connectivity index (χ0n) is 11.5. The summed E-state index contributed by atoms with van der Waals surface area (Å²) in [6.07, 6.45) is 0. The van der Waals surface area contributed by atoms with E-state index in [1.165, 1.54) is 18.2 Å². The molecule has 2 aromatic carbocycles. The van der Waals surface area contributed by atoms with Crippen LogP contribution in [0, 0.1) is 18.6 Å².